The second kappa shape index (κ2) is 11.5. The number of rotatable bonds is 12. The molecule has 0 radical (unpaired) electrons. The summed E-state index contributed by atoms with van der Waals surface area (Å²) >= 11 is 0. The van der Waals surface area contributed by atoms with Crippen molar-refractivity contribution in [1.29, 1.82) is 0 Å². The van der Waals surface area contributed by atoms with Crippen molar-refractivity contribution in [2.45, 2.75) is 45.6 Å². The third-order valence-corrected chi connectivity index (χ3v) is 6.04. The highest BCUT2D eigenvalue weighted by atomic mass is 16.5. The maximum absolute atomic E-state index is 12.4. The van der Waals surface area contributed by atoms with Crippen LogP contribution in [0, 0.1) is 6.92 Å². The van der Waals surface area contributed by atoms with Crippen LogP contribution in [0.15, 0.2) is 77.3 Å². The normalized spacial score (nSPS) is 11.8. The zero-order valence-corrected chi connectivity index (χ0v) is 20.5. The van der Waals surface area contributed by atoms with Gasteiger partial charge in [0.15, 0.2) is 5.78 Å². The molecule has 36 heavy (non-hydrogen) atoms. The van der Waals surface area contributed by atoms with Gasteiger partial charge >= 0.3 is 5.97 Å². The van der Waals surface area contributed by atoms with Crippen LogP contribution in [0.1, 0.15) is 53.3 Å². The zero-order chi connectivity index (χ0) is 25.5. The van der Waals surface area contributed by atoms with Gasteiger partial charge in [0.25, 0.3) is 0 Å². The highest BCUT2D eigenvalue weighted by Gasteiger charge is 2.24. The van der Waals surface area contributed by atoms with E-state index in [-0.39, 0.29) is 12.2 Å². The van der Waals surface area contributed by atoms with Crippen LogP contribution in [0.3, 0.4) is 0 Å². The molecule has 1 atom stereocenters. The molecule has 2 heterocycles. The lowest BCUT2D eigenvalue weighted by Crippen LogP contribution is -2.24. The monoisotopic (exact) mass is 486 g/mol. The van der Waals surface area contributed by atoms with E-state index in [4.69, 9.17) is 9.15 Å². The highest BCUT2D eigenvalue weighted by Crippen LogP contribution is 2.23. The molecule has 7 heteroatoms. The van der Waals surface area contributed by atoms with Gasteiger partial charge in [0.2, 0.25) is 5.89 Å². The maximum Gasteiger partial charge on any atom is 0.327 e. The van der Waals surface area contributed by atoms with Crippen molar-refractivity contribution in [3.05, 3.63) is 95.6 Å². The lowest BCUT2D eigenvalue weighted by Gasteiger charge is -2.18. The van der Waals surface area contributed by atoms with Crippen molar-refractivity contribution >= 4 is 11.8 Å². The molecule has 2 aromatic heterocycles. The number of ether oxygens (including phenoxy) is 1. The number of hydrogen-bond donors (Lipinski definition) is 1. The van der Waals surface area contributed by atoms with E-state index in [0.717, 1.165) is 22.6 Å². The summed E-state index contributed by atoms with van der Waals surface area (Å²) in [4.78, 5) is 29.0. The van der Waals surface area contributed by atoms with Crippen LogP contribution < -0.4 is 4.74 Å². The average molecular weight is 487 g/mol. The highest BCUT2D eigenvalue weighted by molar-refractivity contribution is 5.95. The summed E-state index contributed by atoms with van der Waals surface area (Å²) in [5.41, 5.74) is 3.07. The van der Waals surface area contributed by atoms with E-state index in [0.29, 0.717) is 43.2 Å². The van der Waals surface area contributed by atoms with E-state index in [1.807, 2.05) is 68.4 Å². The van der Waals surface area contributed by atoms with Crippen LogP contribution in [0.25, 0.3) is 11.5 Å². The lowest BCUT2D eigenvalue weighted by molar-refractivity contribution is -0.140. The number of aliphatic carboxylic acids is 1. The van der Waals surface area contributed by atoms with Gasteiger partial charge in [-0.1, -0.05) is 37.3 Å². The Labute approximate surface area is 210 Å². The minimum absolute atomic E-state index is 0.0456. The first-order valence-electron chi connectivity index (χ1n) is 12.1. The largest absolute Gasteiger partial charge is 0.493 e. The van der Waals surface area contributed by atoms with Crippen LogP contribution in [0.2, 0.25) is 0 Å². The summed E-state index contributed by atoms with van der Waals surface area (Å²) in [6, 6.07) is 19.7. The molecule has 0 spiro atoms. The first-order chi connectivity index (χ1) is 17.5. The molecule has 0 saturated carbocycles. The molecule has 0 amide bonds. The smallest absolute Gasteiger partial charge is 0.327 e. The molecule has 4 aromatic rings. The Bertz CT molecular complexity index is 1310. The van der Waals surface area contributed by atoms with Crippen molar-refractivity contribution in [2.75, 3.05) is 6.61 Å². The van der Waals surface area contributed by atoms with Gasteiger partial charge in [-0.05, 0) is 55.3 Å². The average Bonchev–Trinajstić information content (AvgIpc) is 3.51. The minimum Gasteiger partial charge on any atom is -0.493 e. The van der Waals surface area contributed by atoms with E-state index in [9.17, 15) is 14.7 Å². The van der Waals surface area contributed by atoms with Crippen molar-refractivity contribution in [3.63, 3.8) is 0 Å². The molecule has 7 nitrogen and oxygen atoms in total. The number of carboxylic acid groups (broad SMARTS) is 1. The molecule has 0 aliphatic heterocycles. The molecule has 4 rings (SSSR count). The summed E-state index contributed by atoms with van der Waals surface area (Å²) in [5, 5.41) is 9.85. The van der Waals surface area contributed by atoms with Crippen LogP contribution in [0.5, 0.6) is 5.75 Å². The van der Waals surface area contributed by atoms with Crippen molar-refractivity contribution in [3.8, 4) is 17.2 Å². The molecule has 0 saturated heterocycles. The van der Waals surface area contributed by atoms with Gasteiger partial charge in [0.05, 0.1) is 18.0 Å². The summed E-state index contributed by atoms with van der Waals surface area (Å²) in [7, 11) is 0. The third kappa shape index (κ3) is 5.92. The first kappa shape index (κ1) is 25.0. The molecule has 2 aromatic carbocycles. The first-order valence-corrected chi connectivity index (χ1v) is 12.1. The predicted molar refractivity (Wildman–Crippen MR) is 136 cm³/mol. The van der Waals surface area contributed by atoms with Gasteiger partial charge in [-0.3, -0.25) is 4.79 Å². The summed E-state index contributed by atoms with van der Waals surface area (Å²) in [6.45, 7) is 4.26. The molecule has 1 N–H and O–H groups in total. The van der Waals surface area contributed by atoms with Crippen LogP contribution >= 0.6 is 0 Å². The number of carbonyl (C=O) groups excluding carboxylic acids is 1. The SMILES string of the molecule is CCCC(=O)c1cccn1C(Cc1ccc(OCCc2nc(-c3ccccc3)oc2C)cc1)C(=O)O. The Kier molecular flexibility index (Phi) is 8.00. The predicted octanol–water partition coefficient (Wildman–Crippen LogP) is 5.92. The topological polar surface area (TPSA) is 94.6 Å². The van der Waals surface area contributed by atoms with Crippen LogP contribution in [-0.2, 0) is 17.6 Å². The minimum atomic E-state index is -0.977. The second-order valence-corrected chi connectivity index (χ2v) is 8.66. The molecule has 1 unspecified atom stereocenters. The quantitative estimate of drug-likeness (QED) is 0.250. The Hall–Kier alpha value is -4.13. The van der Waals surface area contributed by atoms with E-state index in [1.165, 1.54) is 0 Å². The number of carbonyl (C=O) groups is 2. The van der Waals surface area contributed by atoms with Gasteiger partial charge in [0, 0.05) is 31.0 Å². The summed E-state index contributed by atoms with van der Waals surface area (Å²) < 4.78 is 13.3. The van der Waals surface area contributed by atoms with Crippen molar-refractivity contribution < 1.29 is 23.8 Å². The molecule has 0 bridgehead atoms. The Morgan fingerprint density at radius 1 is 1.06 bits per heavy atom. The van der Waals surface area contributed by atoms with E-state index in [1.54, 1.807) is 22.9 Å². The number of hydrogen-bond acceptors (Lipinski definition) is 5. The molecule has 0 aliphatic rings. The fraction of sp³-hybridized carbons (Fsp3) is 0.276. The number of Topliss-reactive ketones (excluding diaryl/α,β-unsaturated/α-hetero) is 1. The van der Waals surface area contributed by atoms with Gasteiger partial charge in [-0.25, -0.2) is 9.78 Å². The van der Waals surface area contributed by atoms with Crippen LogP contribution in [0.4, 0.5) is 0 Å². The Morgan fingerprint density at radius 3 is 2.50 bits per heavy atom. The molecule has 0 aliphatic carbocycles. The van der Waals surface area contributed by atoms with Gasteiger partial charge in [-0.15, -0.1) is 0 Å². The fourth-order valence-electron chi connectivity index (χ4n) is 4.14. The lowest BCUT2D eigenvalue weighted by atomic mass is 10.0. The van der Waals surface area contributed by atoms with E-state index >= 15 is 0 Å². The van der Waals surface area contributed by atoms with E-state index in [2.05, 4.69) is 4.98 Å². The molecule has 0 fully saturated rings. The number of ketones is 1. The number of nitrogens with zero attached hydrogens (tertiary/aromatic N) is 2. The third-order valence-electron chi connectivity index (χ3n) is 6.04. The van der Waals surface area contributed by atoms with Gasteiger partial charge < -0.3 is 18.8 Å². The molecular formula is C29H30N2O5. The van der Waals surface area contributed by atoms with Crippen LogP contribution in [-0.4, -0.2) is 33.0 Å². The standard InChI is InChI=1S/C29H30N2O5/c1-3-8-27(32)25-11-7-17-31(25)26(29(33)34)19-21-12-14-23(15-13-21)35-18-16-24-20(2)36-28(30-24)22-9-5-4-6-10-22/h4-7,9-15,17,26H,3,8,16,18-19H2,1-2H3,(H,33,34). The van der Waals surface area contributed by atoms with Gasteiger partial charge in [-0.2, -0.15) is 0 Å². The van der Waals surface area contributed by atoms with Gasteiger partial charge in [0.1, 0.15) is 17.6 Å². The van der Waals surface area contributed by atoms with Crippen molar-refractivity contribution in [2.24, 2.45) is 0 Å². The number of carboxylic acids is 1. The summed E-state index contributed by atoms with van der Waals surface area (Å²) in [5.74, 6) is 1.04. The Morgan fingerprint density at radius 2 is 1.81 bits per heavy atom. The fourth-order valence-corrected chi connectivity index (χ4v) is 4.14. The van der Waals surface area contributed by atoms with E-state index < -0.39 is 12.0 Å². The number of aryl methyl sites for hydroxylation is 1. The van der Waals surface area contributed by atoms with Crippen molar-refractivity contribution in [1.82, 2.24) is 9.55 Å². The zero-order valence-electron chi connectivity index (χ0n) is 20.5. The Balaban J connectivity index is 1.36. The number of oxazole rings is 1. The molecular weight excluding hydrogens is 456 g/mol. The number of aromatic nitrogens is 2. The number of benzene rings is 2. The molecule has 186 valence electrons. The maximum atomic E-state index is 12.4. The summed E-state index contributed by atoms with van der Waals surface area (Å²) in [6.07, 6.45) is 3.63. The second-order valence-electron chi connectivity index (χ2n) is 8.66.